The molecule has 0 bridgehead atoms. The Balaban J connectivity index is 1.55. The summed E-state index contributed by atoms with van der Waals surface area (Å²) in [6.45, 7) is 5.35. The zero-order chi connectivity index (χ0) is 17.3. The molecule has 0 saturated carbocycles. The van der Waals surface area contributed by atoms with E-state index in [4.69, 9.17) is 14.2 Å². The summed E-state index contributed by atoms with van der Waals surface area (Å²) in [4.78, 5) is 6.76. The molecule has 5 heteroatoms. The zero-order valence-electron chi connectivity index (χ0n) is 14.8. The molecule has 1 aliphatic rings. The van der Waals surface area contributed by atoms with Gasteiger partial charge in [-0.15, -0.1) is 0 Å². The minimum atomic E-state index is 0.439. The lowest BCUT2D eigenvalue weighted by atomic mass is 10.1. The molecular weight excluding hydrogens is 316 g/mol. The molecule has 0 spiro atoms. The van der Waals surface area contributed by atoms with Gasteiger partial charge < -0.3 is 14.2 Å². The van der Waals surface area contributed by atoms with Gasteiger partial charge in [0.05, 0.1) is 26.0 Å². The molecule has 1 aromatic carbocycles. The van der Waals surface area contributed by atoms with Crippen molar-refractivity contribution in [3.8, 4) is 11.5 Å². The maximum Gasteiger partial charge on any atom is 0.162 e. The van der Waals surface area contributed by atoms with Gasteiger partial charge in [0, 0.05) is 19.3 Å². The van der Waals surface area contributed by atoms with Crippen molar-refractivity contribution in [1.29, 1.82) is 0 Å². The third kappa shape index (κ3) is 5.44. The Morgan fingerprint density at radius 1 is 1.12 bits per heavy atom. The molecule has 1 aromatic heterocycles. The molecule has 25 heavy (non-hydrogen) atoms. The van der Waals surface area contributed by atoms with E-state index in [0.717, 1.165) is 62.9 Å². The van der Waals surface area contributed by atoms with E-state index >= 15 is 0 Å². The fraction of sp³-hybridized carbons (Fsp3) is 0.450. The zero-order valence-corrected chi connectivity index (χ0v) is 14.8. The fourth-order valence-corrected chi connectivity index (χ4v) is 2.96. The van der Waals surface area contributed by atoms with E-state index in [0.29, 0.717) is 6.61 Å². The van der Waals surface area contributed by atoms with Gasteiger partial charge in [-0.1, -0.05) is 12.1 Å². The summed E-state index contributed by atoms with van der Waals surface area (Å²) in [6, 6.07) is 12.0. The molecular formula is C20H26N2O3. The predicted octanol–water partition coefficient (Wildman–Crippen LogP) is 2.93. The van der Waals surface area contributed by atoms with Crippen LogP contribution in [0, 0.1) is 0 Å². The van der Waals surface area contributed by atoms with Crippen LogP contribution in [0.15, 0.2) is 42.6 Å². The smallest absolute Gasteiger partial charge is 0.162 e. The van der Waals surface area contributed by atoms with Gasteiger partial charge >= 0.3 is 0 Å². The normalized spacial score (nSPS) is 15.1. The maximum atomic E-state index is 5.94. The number of aromatic nitrogens is 1. The highest BCUT2D eigenvalue weighted by Gasteiger charge is 2.11. The van der Waals surface area contributed by atoms with Gasteiger partial charge in [-0.25, -0.2) is 0 Å². The van der Waals surface area contributed by atoms with E-state index in [1.165, 1.54) is 5.56 Å². The van der Waals surface area contributed by atoms with Crippen molar-refractivity contribution in [3.05, 3.63) is 53.9 Å². The van der Waals surface area contributed by atoms with Gasteiger partial charge in [0.2, 0.25) is 0 Å². The molecule has 0 N–H and O–H groups in total. The Kier molecular flexibility index (Phi) is 6.65. The van der Waals surface area contributed by atoms with E-state index in [-0.39, 0.29) is 0 Å². The van der Waals surface area contributed by atoms with Crippen molar-refractivity contribution in [1.82, 2.24) is 9.88 Å². The van der Waals surface area contributed by atoms with Crippen molar-refractivity contribution in [3.63, 3.8) is 0 Å². The number of methoxy groups -OCH3 is 1. The first-order chi connectivity index (χ1) is 12.3. The predicted molar refractivity (Wildman–Crippen MR) is 97.1 cm³/mol. The number of morpholine rings is 1. The first-order valence-electron chi connectivity index (χ1n) is 8.85. The van der Waals surface area contributed by atoms with Crippen LogP contribution in [-0.2, 0) is 17.8 Å². The van der Waals surface area contributed by atoms with E-state index < -0.39 is 0 Å². The molecule has 0 radical (unpaired) electrons. The lowest BCUT2D eigenvalue weighted by Gasteiger charge is -2.26. The second-order valence-electron chi connectivity index (χ2n) is 6.15. The number of aryl methyl sites for hydroxylation is 1. The topological polar surface area (TPSA) is 43.8 Å². The van der Waals surface area contributed by atoms with Crippen LogP contribution in [0.25, 0.3) is 0 Å². The quantitative estimate of drug-likeness (QED) is 0.738. The average molecular weight is 342 g/mol. The SMILES string of the molecule is COc1ccc(CCCN2CCOCC2)cc1OCc1ccccn1. The lowest BCUT2D eigenvalue weighted by molar-refractivity contribution is 0.0374. The first kappa shape index (κ1) is 17.7. The molecule has 1 aliphatic heterocycles. The van der Waals surface area contributed by atoms with E-state index in [1.54, 1.807) is 13.3 Å². The number of pyridine rings is 1. The molecule has 0 aliphatic carbocycles. The summed E-state index contributed by atoms with van der Waals surface area (Å²) in [5.41, 5.74) is 2.17. The molecule has 3 rings (SSSR count). The molecule has 1 saturated heterocycles. The van der Waals surface area contributed by atoms with E-state index in [2.05, 4.69) is 22.0 Å². The molecule has 0 amide bonds. The Morgan fingerprint density at radius 2 is 2.00 bits per heavy atom. The third-order valence-corrected chi connectivity index (χ3v) is 4.37. The van der Waals surface area contributed by atoms with Crippen LogP contribution in [0.1, 0.15) is 17.7 Å². The Morgan fingerprint density at radius 3 is 2.76 bits per heavy atom. The van der Waals surface area contributed by atoms with E-state index in [9.17, 15) is 0 Å². The highest BCUT2D eigenvalue weighted by Crippen LogP contribution is 2.29. The Labute approximate surface area is 149 Å². The van der Waals surface area contributed by atoms with Gasteiger partial charge in [0.1, 0.15) is 6.61 Å². The summed E-state index contributed by atoms with van der Waals surface area (Å²) in [7, 11) is 1.67. The number of rotatable bonds is 8. The molecule has 0 atom stereocenters. The number of benzene rings is 1. The minimum absolute atomic E-state index is 0.439. The number of hydrogen-bond donors (Lipinski definition) is 0. The molecule has 134 valence electrons. The molecule has 2 aromatic rings. The summed E-state index contributed by atoms with van der Waals surface area (Å²) in [5.74, 6) is 1.53. The Bertz CT molecular complexity index is 643. The van der Waals surface area contributed by atoms with Crippen LogP contribution < -0.4 is 9.47 Å². The van der Waals surface area contributed by atoms with Crippen LogP contribution in [-0.4, -0.2) is 49.8 Å². The number of ether oxygens (including phenoxy) is 3. The summed E-state index contributed by atoms with van der Waals surface area (Å²) >= 11 is 0. The van der Waals surface area contributed by atoms with Crippen molar-refractivity contribution in [2.75, 3.05) is 40.0 Å². The van der Waals surface area contributed by atoms with Gasteiger partial charge in [0.15, 0.2) is 11.5 Å². The molecule has 0 unspecified atom stereocenters. The van der Waals surface area contributed by atoms with Gasteiger partial charge in [-0.05, 0) is 49.2 Å². The summed E-state index contributed by atoms with van der Waals surface area (Å²) < 4.78 is 16.7. The van der Waals surface area contributed by atoms with Gasteiger partial charge in [-0.2, -0.15) is 0 Å². The van der Waals surface area contributed by atoms with E-state index in [1.807, 2.05) is 24.3 Å². The van der Waals surface area contributed by atoms with Crippen molar-refractivity contribution >= 4 is 0 Å². The van der Waals surface area contributed by atoms with Crippen LogP contribution in [0.5, 0.6) is 11.5 Å². The molecule has 5 nitrogen and oxygen atoms in total. The monoisotopic (exact) mass is 342 g/mol. The van der Waals surface area contributed by atoms with Crippen molar-refractivity contribution in [2.45, 2.75) is 19.4 Å². The third-order valence-electron chi connectivity index (χ3n) is 4.37. The fourth-order valence-electron chi connectivity index (χ4n) is 2.96. The number of nitrogens with zero attached hydrogens (tertiary/aromatic N) is 2. The molecule has 1 fully saturated rings. The lowest BCUT2D eigenvalue weighted by Crippen LogP contribution is -2.36. The van der Waals surface area contributed by atoms with Crippen LogP contribution in [0.2, 0.25) is 0 Å². The number of hydrogen-bond acceptors (Lipinski definition) is 5. The van der Waals surface area contributed by atoms with Crippen LogP contribution in [0.4, 0.5) is 0 Å². The maximum absolute atomic E-state index is 5.94. The highest BCUT2D eigenvalue weighted by molar-refractivity contribution is 5.43. The minimum Gasteiger partial charge on any atom is -0.493 e. The van der Waals surface area contributed by atoms with Crippen LogP contribution in [0.3, 0.4) is 0 Å². The standard InChI is InChI=1S/C20H26N2O3/c1-23-19-8-7-17(5-4-10-22-11-13-24-14-12-22)15-20(19)25-16-18-6-2-3-9-21-18/h2-3,6-9,15H,4-5,10-14,16H2,1H3. The highest BCUT2D eigenvalue weighted by atomic mass is 16.5. The second-order valence-corrected chi connectivity index (χ2v) is 6.15. The average Bonchev–Trinajstić information content (AvgIpc) is 2.68. The van der Waals surface area contributed by atoms with Crippen LogP contribution >= 0.6 is 0 Å². The summed E-state index contributed by atoms with van der Waals surface area (Å²) in [5, 5.41) is 0. The Hall–Kier alpha value is -2.11. The first-order valence-corrected chi connectivity index (χ1v) is 8.85. The summed E-state index contributed by atoms with van der Waals surface area (Å²) in [6.07, 6.45) is 3.94. The van der Waals surface area contributed by atoms with Crippen molar-refractivity contribution < 1.29 is 14.2 Å². The van der Waals surface area contributed by atoms with Gasteiger partial charge in [-0.3, -0.25) is 9.88 Å². The second kappa shape index (κ2) is 9.39. The largest absolute Gasteiger partial charge is 0.493 e. The molecule has 2 heterocycles. The van der Waals surface area contributed by atoms with Gasteiger partial charge in [0.25, 0.3) is 0 Å². The van der Waals surface area contributed by atoms with Crippen molar-refractivity contribution in [2.24, 2.45) is 0 Å².